The molecule has 98 valence electrons. The monoisotopic (exact) mass is 241 g/mol. The Morgan fingerprint density at radius 1 is 1.29 bits per heavy atom. The van der Waals surface area contributed by atoms with Crippen LogP contribution >= 0.6 is 0 Å². The van der Waals surface area contributed by atoms with Crippen LogP contribution in [0.25, 0.3) is 0 Å². The van der Waals surface area contributed by atoms with E-state index in [0.29, 0.717) is 19.8 Å². The Kier molecular flexibility index (Phi) is 5.68. The second-order valence-corrected chi connectivity index (χ2v) is 5.02. The summed E-state index contributed by atoms with van der Waals surface area (Å²) < 4.78 is 15.8. The molecule has 0 spiro atoms. The van der Waals surface area contributed by atoms with Crippen LogP contribution in [0.15, 0.2) is 16.7 Å². The fraction of sp³-hybridized carbons (Fsp3) is 0.692. The molecule has 1 aromatic rings. The molecule has 17 heavy (non-hydrogen) atoms. The van der Waals surface area contributed by atoms with Gasteiger partial charge in [-0.2, -0.15) is 0 Å². The average Bonchev–Trinajstić information content (AvgIpc) is 2.68. The molecule has 0 aliphatic carbocycles. The summed E-state index contributed by atoms with van der Waals surface area (Å²) in [6, 6.07) is 1.98. The van der Waals surface area contributed by atoms with Crippen molar-refractivity contribution in [3.8, 4) is 0 Å². The zero-order valence-electron chi connectivity index (χ0n) is 11.2. The second kappa shape index (κ2) is 6.79. The molecule has 0 saturated carbocycles. The van der Waals surface area contributed by atoms with Crippen LogP contribution in [-0.2, 0) is 22.6 Å². The van der Waals surface area contributed by atoms with Crippen molar-refractivity contribution in [1.82, 2.24) is 5.32 Å². The van der Waals surface area contributed by atoms with Gasteiger partial charge in [-0.3, -0.25) is 0 Å². The average molecular weight is 241 g/mol. The van der Waals surface area contributed by atoms with E-state index in [4.69, 9.17) is 13.9 Å². The second-order valence-electron chi connectivity index (χ2n) is 5.02. The van der Waals surface area contributed by atoms with Gasteiger partial charge in [0.15, 0.2) is 0 Å². The predicted molar refractivity (Wildman–Crippen MR) is 66.8 cm³/mol. The molecule has 4 nitrogen and oxygen atoms in total. The first-order chi connectivity index (χ1) is 8.03. The van der Waals surface area contributed by atoms with Crippen LogP contribution < -0.4 is 5.32 Å². The van der Waals surface area contributed by atoms with Crippen LogP contribution in [0.5, 0.6) is 0 Å². The Morgan fingerprint density at radius 3 is 2.71 bits per heavy atom. The van der Waals surface area contributed by atoms with Crippen molar-refractivity contribution < 1.29 is 13.9 Å². The van der Waals surface area contributed by atoms with Gasteiger partial charge in [-0.15, -0.1) is 0 Å². The van der Waals surface area contributed by atoms with Crippen molar-refractivity contribution in [3.63, 3.8) is 0 Å². The first kappa shape index (κ1) is 14.2. The molecular formula is C13H23NO3. The molecule has 1 rings (SSSR count). The Hall–Kier alpha value is -0.840. The first-order valence-corrected chi connectivity index (χ1v) is 5.90. The summed E-state index contributed by atoms with van der Waals surface area (Å²) in [5.41, 5.74) is 1.25. The van der Waals surface area contributed by atoms with Crippen molar-refractivity contribution in [3.05, 3.63) is 23.7 Å². The number of furan rings is 1. The van der Waals surface area contributed by atoms with Gasteiger partial charge in [-0.25, -0.2) is 0 Å². The molecule has 0 aliphatic heterocycles. The highest BCUT2D eigenvalue weighted by Crippen LogP contribution is 2.13. The van der Waals surface area contributed by atoms with Crippen LogP contribution in [0, 0.1) is 0 Å². The summed E-state index contributed by atoms with van der Waals surface area (Å²) in [5.74, 6) is 0.887. The van der Waals surface area contributed by atoms with E-state index in [1.807, 2.05) is 6.07 Å². The van der Waals surface area contributed by atoms with Crippen molar-refractivity contribution in [2.45, 2.75) is 39.5 Å². The lowest BCUT2D eigenvalue weighted by Gasteiger charge is -2.20. The van der Waals surface area contributed by atoms with Crippen molar-refractivity contribution >= 4 is 0 Å². The molecule has 0 aliphatic rings. The highest BCUT2D eigenvalue weighted by molar-refractivity contribution is 5.16. The number of ether oxygens (including phenoxy) is 2. The van der Waals surface area contributed by atoms with Gasteiger partial charge in [0.1, 0.15) is 12.4 Å². The predicted octanol–water partition coefficient (Wildman–Crippen LogP) is 2.33. The van der Waals surface area contributed by atoms with Gasteiger partial charge < -0.3 is 19.2 Å². The Morgan fingerprint density at radius 2 is 2.06 bits per heavy atom. The molecule has 0 radical (unpaired) electrons. The molecule has 0 amide bonds. The van der Waals surface area contributed by atoms with Gasteiger partial charge in [-0.05, 0) is 26.8 Å². The van der Waals surface area contributed by atoms with E-state index in [2.05, 4.69) is 26.1 Å². The van der Waals surface area contributed by atoms with Gasteiger partial charge in [0, 0.05) is 24.8 Å². The lowest BCUT2D eigenvalue weighted by Crippen LogP contribution is -2.35. The lowest BCUT2D eigenvalue weighted by molar-refractivity contribution is 0.0533. The number of nitrogens with one attached hydrogen (secondary N) is 1. The minimum Gasteiger partial charge on any atom is -0.467 e. The van der Waals surface area contributed by atoms with Crippen molar-refractivity contribution in [1.29, 1.82) is 0 Å². The molecule has 1 heterocycles. The van der Waals surface area contributed by atoms with Gasteiger partial charge in [-0.1, -0.05) is 0 Å². The molecule has 0 fully saturated rings. The standard InChI is InChI=1S/C13H23NO3/c1-13(2,3)14-9-11-5-6-17-12(11)10-16-8-7-15-4/h5-6,14H,7-10H2,1-4H3. The Bertz CT molecular complexity index is 315. The third-order valence-electron chi connectivity index (χ3n) is 2.31. The highest BCUT2D eigenvalue weighted by Gasteiger charge is 2.12. The number of methoxy groups -OCH3 is 1. The van der Waals surface area contributed by atoms with E-state index in [1.165, 1.54) is 0 Å². The van der Waals surface area contributed by atoms with Crippen molar-refractivity contribution in [2.24, 2.45) is 0 Å². The van der Waals surface area contributed by atoms with E-state index < -0.39 is 0 Å². The molecule has 4 heteroatoms. The van der Waals surface area contributed by atoms with Crippen LogP contribution in [-0.4, -0.2) is 25.9 Å². The summed E-state index contributed by atoms with van der Waals surface area (Å²) in [4.78, 5) is 0. The van der Waals surface area contributed by atoms with Gasteiger partial charge >= 0.3 is 0 Å². The lowest BCUT2D eigenvalue weighted by atomic mass is 10.1. The van der Waals surface area contributed by atoms with Crippen LogP contribution in [0.4, 0.5) is 0 Å². The zero-order valence-corrected chi connectivity index (χ0v) is 11.2. The molecule has 1 N–H and O–H groups in total. The van der Waals surface area contributed by atoms with Crippen LogP contribution in [0.3, 0.4) is 0 Å². The van der Waals surface area contributed by atoms with Gasteiger partial charge in [0.25, 0.3) is 0 Å². The maximum Gasteiger partial charge on any atom is 0.133 e. The molecule has 0 unspecified atom stereocenters. The third-order valence-corrected chi connectivity index (χ3v) is 2.31. The molecule has 0 bridgehead atoms. The highest BCUT2D eigenvalue weighted by atomic mass is 16.5. The Labute approximate surface area is 103 Å². The summed E-state index contributed by atoms with van der Waals surface area (Å²) in [5, 5.41) is 3.43. The molecular weight excluding hydrogens is 218 g/mol. The van der Waals surface area contributed by atoms with E-state index in [1.54, 1.807) is 13.4 Å². The van der Waals surface area contributed by atoms with Crippen molar-refractivity contribution in [2.75, 3.05) is 20.3 Å². The zero-order chi connectivity index (χ0) is 12.7. The third kappa shape index (κ3) is 5.86. The molecule has 0 aromatic carbocycles. The topological polar surface area (TPSA) is 43.6 Å². The number of hydrogen-bond acceptors (Lipinski definition) is 4. The molecule has 0 atom stereocenters. The van der Waals surface area contributed by atoms with Crippen LogP contribution in [0.2, 0.25) is 0 Å². The summed E-state index contributed by atoms with van der Waals surface area (Å²) in [6.07, 6.45) is 1.70. The number of hydrogen-bond donors (Lipinski definition) is 1. The van der Waals surface area contributed by atoms with Crippen LogP contribution in [0.1, 0.15) is 32.1 Å². The summed E-state index contributed by atoms with van der Waals surface area (Å²) >= 11 is 0. The van der Waals surface area contributed by atoms with E-state index in [9.17, 15) is 0 Å². The van der Waals surface area contributed by atoms with Gasteiger partial charge in [0.05, 0.1) is 19.5 Å². The van der Waals surface area contributed by atoms with Gasteiger partial charge in [0.2, 0.25) is 0 Å². The molecule has 0 saturated heterocycles. The largest absolute Gasteiger partial charge is 0.467 e. The minimum absolute atomic E-state index is 0.103. The van der Waals surface area contributed by atoms with E-state index >= 15 is 0 Å². The number of rotatable bonds is 7. The maximum absolute atomic E-state index is 5.44. The SMILES string of the molecule is COCCOCc1occc1CNC(C)(C)C. The quantitative estimate of drug-likeness (QED) is 0.744. The smallest absolute Gasteiger partial charge is 0.133 e. The molecule has 1 aromatic heterocycles. The minimum atomic E-state index is 0.103. The maximum atomic E-state index is 5.44. The van der Waals surface area contributed by atoms with E-state index in [0.717, 1.165) is 17.9 Å². The Balaban J connectivity index is 2.37. The normalized spacial score (nSPS) is 12.0. The van der Waals surface area contributed by atoms with E-state index in [-0.39, 0.29) is 5.54 Å². The summed E-state index contributed by atoms with van der Waals surface area (Å²) in [6.45, 7) is 8.91. The fourth-order valence-corrected chi connectivity index (χ4v) is 1.32. The fourth-order valence-electron chi connectivity index (χ4n) is 1.32. The summed E-state index contributed by atoms with van der Waals surface area (Å²) in [7, 11) is 1.66. The first-order valence-electron chi connectivity index (χ1n) is 5.90.